The van der Waals surface area contributed by atoms with Crippen LogP contribution < -0.4 is 5.32 Å². The molecule has 0 radical (unpaired) electrons. The summed E-state index contributed by atoms with van der Waals surface area (Å²) in [4.78, 5) is 14.8. The van der Waals surface area contributed by atoms with Gasteiger partial charge < -0.3 is 10.4 Å². The number of nitrogens with one attached hydrogen (secondary N) is 1. The minimum Gasteiger partial charge on any atom is -0.465 e. The second-order valence-corrected chi connectivity index (χ2v) is 3.57. The van der Waals surface area contributed by atoms with Crippen LogP contribution in [0.2, 0.25) is 0 Å². The quantitative estimate of drug-likeness (QED) is 0.848. The molecule has 2 aromatic rings. The maximum atomic E-state index is 10.8. The van der Waals surface area contributed by atoms with Gasteiger partial charge in [0.15, 0.2) is 0 Å². The number of rotatable bonds is 3. The molecule has 0 fully saturated rings. The number of nitrogens with zero attached hydrogens (tertiary/aromatic N) is 1. The molecule has 2 rings (SSSR count). The first-order chi connectivity index (χ1) is 8.27. The summed E-state index contributed by atoms with van der Waals surface area (Å²) in [5.41, 5.74) is 1.77. The Labute approximate surface area is 98.9 Å². The van der Waals surface area contributed by atoms with Crippen molar-refractivity contribution in [1.82, 2.24) is 10.3 Å². The highest BCUT2D eigenvalue weighted by molar-refractivity contribution is 5.66. The van der Waals surface area contributed by atoms with Crippen LogP contribution in [0.1, 0.15) is 17.2 Å². The Hall–Kier alpha value is -2.36. The van der Waals surface area contributed by atoms with E-state index in [0.717, 1.165) is 11.1 Å². The first-order valence-electron chi connectivity index (χ1n) is 5.21. The van der Waals surface area contributed by atoms with Gasteiger partial charge in [0.1, 0.15) is 0 Å². The summed E-state index contributed by atoms with van der Waals surface area (Å²) in [6.07, 6.45) is 2.25. The van der Waals surface area contributed by atoms with Crippen molar-refractivity contribution in [2.45, 2.75) is 6.04 Å². The lowest BCUT2D eigenvalue weighted by molar-refractivity contribution is 0.191. The van der Waals surface area contributed by atoms with Crippen LogP contribution in [0.5, 0.6) is 0 Å². The smallest absolute Gasteiger partial charge is 0.405 e. The molecule has 0 bridgehead atoms. The van der Waals surface area contributed by atoms with Gasteiger partial charge in [0.25, 0.3) is 0 Å². The summed E-state index contributed by atoms with van der Waals surface area (Å²) in [6.45, 7) is 0. The summed E-state index contributed by atoms with van der Waals surface area (Å²) in [5.74, 6) is 0. The largest absolute Gasteiger partial charge is 0.465 e. The number of hydrogen-bond acceptors (Lipinski definition) is 2. The van der Waals surface area contributed by atoms with E-state index in [-0.39, 0.29) is 6.04 Å². The van der Waals surface area contributed by atoms with Crippen molar-refractivity contribution < 1.29 is 9.90 Å². The van der Waals surface area contributed by atoms with E-state index in [1.54, 1.807) is 24.5 Å². The van der Waals surface area contributed by atoms with E-state index in [4.69, 9.17) is 5.11 Å². The second-order valence-electron chi connectivity index (χ2n) is 3.57. The van der Waals surface area contributed by atoms with Crippen molar-refractivity contribution in [3.05, 3.63) is 66.0 Å². The molecule has 1 aromatic carbocycles. The molecule has 1 amide bonds. The lowest BCUT2D eigenvalue weighted by atomic mass is 10.00. The molecule has 4 nitrogen and oxygen atoms in total. The molecule has 1 atom stereocenters. The van der Waals surface area contributed by atoms with Crippen LogP contribution in [0.25, 0.3) is 0 Å². The standard InChI is InChI=1S/C13H12N2O2/c16-13(17)15-12(10-4-2-1-3-5-10)11-6-8-14-9-7-11/h1-9,12,15H,(H,16,17). The number of aromatic nitrogens is 1. The fourth-order valence-electron chi connectivity index (χ4n) is 1.68. The van der Waals surface area contributed by atoms with Crippen molar-refractivity contribution in [3.63, 3.8) is 0 Å². The van der Waals surface area contributed by atoms with E-state index in [1.165, 1.54) is 0 Å². The number of amides is 1. The molecule has 17 heavy (non-hydrogen) atoms. The predicted octanol–water partition coefficient (Wildman–Crippen LogP) is 2.44. The Morgan fingerprint density at radius 1 is 1.06 bits per heavy atom. The molecule has 2 N–H and O–H groups in total. The second kappa shape index (κ2) is 5.12. The van der Waals surface area contributed by atoms with Gasteiger partial charge in [-0.25, -0.2) is 4.79 Å². The summed E-state index contributed by atoms with van der Waals surface area (Å²) in [5, 5.41) is 11.4. The van der Waals surface area contributed by atoms with E-state index in [2.05, 4.69) is 10.3 Å². The Bertz CT molecular complexity index is 446. The zero-order valence-electron chi connectivity index (χ0n) is 9.08. The zero-order valence-corrected chi connectivity index (χ0v) is 9.08. The summed E-state index contributed by atoms with van der Waals surface area (Å²) in [7, 11) is 0. The third-order valence-corrected chi connectivity index (χ3v) is 2.44. The van der Waals surface area contributed by atoms with E-state index in [9.17, 15) is 4.79 Å². The fourth-order valence-corrected chi connectivity index (χ4v) is 1.68. The number of hydrogen-bond donors (Lipinski definition) is 2. The number of benzene rings is 1. The third-order valence-electron chi connectivity index (χ3n) is 2.44. The van der Waals surface area contributed by atoms with E-state index >= 15 is 0 Å². The highest BCUT2D eigenvalue weighted by Gasteiger charge is 2.15. The van der Waals surface area contributed by atoms with Crippen molar-refractivity contribution in [3.8, 4) is 0 Å². The van der Waals surface area contributed by atoms with Crippen LogP contribution in [0.3, 0.4) is 0 Å². The van der Waals surface area contributed by atoms with Gasteiger partial charge in [-0.15, -0.1) is 0 Å². The number of carboxylic acid groups (broad SMARTS) is 1. The van der Waals surface area contributed by atoms with Crippen LogP contribution in [-0.2, 0) is 0 Å². The zero-order chi connectivity index (χ0) is 12.1. The minimum atomic E-state index is -1.05. The van der Waals surface area contributed by atoms with Gasteiger partial charge in [-0.1, -0.05) is 30.3 Å². The molecule has 1 aromatic heterocycles. The number of carbonyl (C=O) groups is 1. The molecule has 0 aliphatic carbocycles. The van der Waals surface area contributed by atoms with Crippen LogP contribution in [0.4, 0.5) is 4.79 Å². The monoisotopic (exact) mass is 228 g/mol. The average Bonchev–Trinajstić information content (AvgIpc) is 2.38. The summed E-state index contributed by atoms with van der Waals surface area (Å²) in [6, 6.07) is 12.7. The summed E-state index contributed by atoms with van der Waals surface area (Å²) >= 11 is 0. The van der Waals surface area contributed by atoms with Crippen molar-refractivity contribution >= 4 is 6.09 Å². The van der Waals surface area contributed by atoms with Crippen LogP contribution in [-0.4, -0.2) is 16.2 Å². The molecule has 1 heterocycles. The maximum Gasteiger partial charge on any atom is 0.405 e. The van der Waals surface area contributed by atoms with Gasteiger partial charge in [-0.2, -0.15) is 0 Å². The molecule has 0 aliphatic rings. The van der Waals surface area contributed by atoms with Crippen LogP contribution in [0.15, 0.2) is 54.9 Å². The molecule has 0 saturated carbocycles. The first-order valence-corrected chi connectivity index (χ1v) is 5.21. The Balaban J connectivity index is 2.36. The van der Waals surface area contributed by atoms with Crippen LogP contribution in [0, 0.1) is 0 Å². The molecular weight excluding hydrogens is 216 g/mol. The topological polar surface area (TPSA) is 62.2 Å². The van der Waals surface area contributed by atoms with Crippen LogP contribution >= 0.6 is 0 Å². The van der Waals surface area contributed by atoms with Crippen molar-refractivity contribution in [2.24, 2.45) is 0 Å². The average molecular weight is 228 g/mol. The molecule has 4 heteroatoms. The third kappa shape index (κ3) is 2.81. The first kappa shape index (κ1) is 11.1. The Morgan fingerprint density at radius 2 is 1.65 bits per heavy atom. The highest BCUT2D eigenvalue weighted by Crippen LogP contribution is 2.20. The van der Waals surface area contributed by atoms with Crippen molar-refractivity contribution in [1.29, 1.82) is 0 Å². The lowest BCUT2D eigenvalue weighted by Crippen LogP contribution is -2.27. The maximum absolute atomic E-state index is 10.8. The molecular formula is C13H12N2O2. The summed E-state index contributed by atoms with van der Waals surface area (Å²) < 4.78 is 0. The lowest BCUT2D eigenvalue weighted by Gasteiger charge is -2.17. The number of pyridine rings is 1. The fraction of sp³-hybridized carbons (Fsp3) is 0.0769. The predicted molar refractivity (Wildman–Crippen MR) is 63.7 cm³/mol. The normalized spacial score (nSPS) is 11.8. The van der Waals surface area contributed by atoms with Gasteiger partial charge >= 0.3 is 6.09 Å². The van der Waals surface area contributed by atoms with E-state index in [0.29, 0.717) is 0 Å². The van der Waals surface area contributed by atoms with Crippen molar-refractivity contribution in [2.75, 3.05) is 0 Å². The Kier molecular flexibility index (Phi) is 3.35. The van der Waals surface area contributed by atoms with Gasteiger partial charge in [0.2, 0.25) is 0 Å². The molecule has 0 saturated heterocycles. The SMILES string of the molecule is O=C(O)NC(c1ccccc1)c1ccncc1. The molecule has 0 spiro atoms. The van der Waals surface area contributed by atoms with Gasteiger partial charge in [-0.05, 0) is 23.3 Å². The van der Waals surface area contributed by atoms with E-state index < -0.39 is 6.09 Å². The Morgan fingerprint density at radius 3 is 2.24 bits per heavy atom. The molecule has 1 unspecified atom stereocenters. The highest BCUT2D eigenvalue weighted by atomic mass is 16.4. The van der Waals surface area contributed by atoms with Gasteiger partial charge in [0, 0.05) is 12.4 Å². The van der Waals surface area contributed by atoms with Gasteiger partial charge in [0.05, 0.1) is 6.04 Å². The minimum absolute atomic E-state index is 0.364. The molecule has 0 aliphatic heterocycles. The van der Waals surface area contributed by atoms with E-state index in [1.807, 2.05) is 30.3 Å². The van der Waals surface area contributed by atoms with Gasteiger partial charge in [-0.3, -0.25) is 4.98 Å². The molecule has 86 valence electrons.